The summed E-state index contributed by atoms with van der Waals surface area (Å²) in [6, 6.07) is 0. The first-order chi connectivity index (χ1) is 5.65. The summed E-state index contributed by atoms with van der Waals surface area (Å²) >= 11 is 0. The summed E-state index contributed by atoms with van der Waals surface area (Å²) in [4.78, 5) is 12.5. The summed E-state index contributed by atoms with van der Waals surface area (Å²) in [5.41, 5.74) is 0. The highest BCUT2D eigenvalue weighted by atomic mass is 16.5. The largest absolute Gasteiger partial charge is 0.388 e. The lowest BCUT2D eigenvalue weighted by Crippen LogP contribution is -2.32. The lowest BCUT2D eigenvalue weighted by atomic mass is 10.3. The molecule has 5 heteroatoms. The van der Waals surface area contributed by atoms with Crippen molar-refractivity contribution < 1.29 is 19.7 Å². The molecule has 2 N–H and O–H groups in total. The van der Waals surface area contributed by atoms with Gasteiger partial charge in [-0.2, -0.15) is 0 Å². The van der Waals surface area contributed by atoms with Gasteiger partial charge in [0, 0.05) is 20.2 Å². The first-order valence-electron chi connectivity index (χ1n) is 3.78. The predicted molar refractivity (Wildman–Crippen MR) is 40.5 cm³/mol. The monoisotopic (exact) mass is 175 g/mol. The van der Waals surface area contributed by atoms with E-state index in [4.69, 9.17) is 10.2 Å². The summed E-state index contributed by atoms with van der Waals surface area (Å²) in [6.45, 7) is 0.395. The van der Waals surface area contributed by atoms with Crippen molar-refractivity contribution >= 4 is 5.91 Å². The van der Waals surface area contributed by atoms with Crippen LogP contribution in [0.15, 0.2) is 0 Å². The van der Waals surface area contributed by atoms with Crippen molar-refractivity contribution in [1.82, 2.24) is 4.90 Å². The molecule has 12 heavy (non-hydrogen) atoms. The Kier molecular flexibility index (Phi) is 3.02. The smallest absolute Gasteiger partial charge is 0.248 e. The van der Waals surface area contributed by atoms with Gasteiger partial charge in [-0.25, -0.2) is 0 Å². The molecule has 0 aromatic rings. The molecular weight excluding hydrogens is 162 g/mol. The number of aliphatic hydroxyl groups excluding tert-OH is 2. The maximum absolute atomic E-state index is 11.1. The highest BCUT2D eigenvalue weighted by molar-refractivity contribution is 5.77. The van der Waals surface area contributed by atoms with E-state index in [1.165, 1.54) is 12.0 Å². The molecule has 0 bridgehead atoms. The Morgan fingerprint density at radius 1 is 1.50 bits per heavy atom. The standard InChI is InChI=1S/C7H13NO4/c1-12-4-7(11)8-2-5(9)6(10)3-8/h5-6,9-10H,2-4H2,1H3. The summed E-state index contributed by atoms with van der Waals surface area (Å²) < 4.78 is 4.63. The fourth-order valence-corrected chi connectivity index (χ4v) is 1.19. The van der Waals surface area contributed by atoms with E-state index in [0.29, 0.717) is 0 Å². The van der Waals surface area contributed by atoms with Gasteiger partial charge in [0.2, 0.25) is 5.91 Å². The Bertz CT molecular complexity index is 163. The Balaban J connectivity index is 2.40. The zero-order valence-corrected chi connectivity index (χ0v) is 6.93. The van der Waals surface area contributed by atoms with E-state index in [1.54, 1.807) is 0 Å². The number of rotatable bonds is 2. The van der Waals surface area contributed by atoms with Crippen LogP contribution >= 0.6 is 0 Å². The summed E-state index contributed by atoms with van der Waals surface area (Å²) in [7, 11) is 1.43. The zero-order chi connectivity index (χ0) is 9.14. The number of β-amino-alcohol motifs (C(OH)–C–C–N with tert-alkyl or cyclic N) is 2. The number of methoxy groups -OCH3 is 1. The van der Waals surface area contributed by atoms with E-state index in [1.807, 2.05) is 0 Å². The number of aliphatic hydroxyl groups is 2. The molecule has 1 fully saturated rings. The quantitative estimate of drug-likeness (QED) is 0.519. The van der Waals surface area contributed by atoms with E-state index in [0.717, 1.165) is 0 Å². The summed E-state index contributed by atoms with van der Waals surface area (Å²) in [5.74, 6) is -0.201. The maximum Gasteiger partial charge on any atom is 0.248 e. The Morgan fingerprint density at radius 2 is 2.00 bits per heavy atom. The normalized spacial score (nSPS) is 29.4. The number of hydrogen-bond donors (Lipinski definition) is 2. The molecule has 1 heterocycles. The number of amides is 1. The fourth-order valence-electron chi connectivity index (χ4n) is 1.19. The minimum Gasteiger partial charge on any atom is -0.388 e. The highest BCUT2D eigenvalue weighted by Crippen LogP contribution is 2.09. The average Bonchev–Trinajstić information content (AvgIpc) is 2.33. The molecule has 1 amide bonds. The van der Waals surface area contributed by atoms with Crippen LogP contribution in [0, 0.1) is 0 Å². The average molecular weight is 175 g/mol. The van der Waals surface area contributed by atoms with Crippen molar-refractivity contribution in [3.63, 3.8) is 0 Å². The topological polar surface area (TPSA) is 70.0 Å². The van der Waals surface area contributed by atoms with Gasteiger partial charge in [0.1, 0.15) is 6.61 Å². The molecule has 0 saturated carbocycles. The van der Waals surface area contributed by atoms with Crippen LogP contribution in [-0.4, -0.2) is 60.0 Å². The van der Waals surface area contributed by atoms with E-state index in [-0.39, 0.29) is 25.6 Å². The zero-order valence-electron chi connectivity index (χ0n) is 6.93. The van der Waals surface area contributed by atoms with Gasteiger partial charge in [0.15, 0.2) is 0 Å². The van der Waals surface area contributed by atoms with Crippen molar-refractivity contribution in [1.29, 1.82) is 0 Å². The molecule has 1 rings (SSSR count). The van der Waals surface area contributed by atoms with Gasteiger partial charge >= 0.3 is 0 Å². The molecule has 2 atom stereocenters. The lowest BCUT2D eigenvalue weighted by molar-refractivity contribution is -0.134. The fraction of sp³-hybridized carbons (Fsp3) is 0.857. The molecule has 0 radical (unpaired) electrons. The molecule has 5 nitrogen and oxygen atoms in total. The predicted octanol–water partition coefficient (Wildman–Crippen LogP) is -1.80. The van der Waals surface area contributed by atoms with Gasteiger partial charge in [0.05, 0.1) is 12.2 Å². The third-order valence-corrected chi connectivity index (χ3v) is 1.88. The van der Waals surface area contributed by atoms with E-state index in [2.05, 4.69) is 4.74 Å². The van der Waals surface area contributed by atoms with E-state index in [9.17, 15) is 4.79 Å². The van der Waals surface area contributed by atoms with Gasteiger partial charge in [-0.1, -0.05) is 0 Å². The molecule has 1 aliphatic rings. The number of nitrogens with zero attached hydrogens (tertiary/aromatic N) is 1. The SMILES string of the molecule is COCC(=O)N1CC(O)C(O)C1. The first-order valence-corrected chi connectivity index (χ1v) is 3.78. The third kappa shape index (κ3) is 1.94. The Hall–Kier alpha value is -0.650. The van der Waals surface area contributed by atoms with Crippen molar-refractivity contribution in [3.8, 4) is 0 Å². The van der Waals surface area contributed by atoms with Crippen LogP contribution in [0.25, 0.3) is 0 Å². The van der Waals surface area contributed by atoms with Crippen LogP contribution in [0.3, 0.4) is 0 Å². The lowest BCUT2D eigenvalue weighted by Gasteiger charge is -2.13. The molecule has 0 aromatic heterocycles. The van der Waals surface area contributed by atoms with Gasteiger partial charge in [-0.05, 0) is 0 Å². The van der Waals surface area contributed by atoms with Crippen LogP contribution in [0.5, 0.6) is 0 Å². The Labute approximate surface area is 70.5 Å². The third-order valence-electron chi connectivity index (χ3n) is 1.88. The minimum atomic E-state index is -0.814. The highest BCUT2D eigenvalue weighted by Gasteiger charge is 2.32. The number of carbonyl (C=O) groups is 1. The number of hydrogen-bond acceptors (Lipinski definition) is 4. The van der Waals surface area contributed by atoms with Gasteiger partial charge < -0.3 is 19.8 Å². The molecule has 0 aliphatic carbocycles. The molecule has 1 saturated heterocycles. The van der Waals surface area contributed by atoms with Crippen LogP contribution in [0.4, 0.5) is 0 Å². The van der Waals surface area contributed by atoms with Crippen LogP contribution < -0.4 is 0 Å². The second-order valence-electron chi connectivity index (χ2n) is 2.87. The van der Waals surface area contributed by atoms with Crippen molar-refractivity contribution in [2.45, 2.75) is 12.2 Å². The Morgan fingerprint density at radius 3 is 2.42 bits per heavy atom. The van der Waals surface area contributed by atoms with Crippen LogP contribution in [-0.2, 0) is 9.53 Å². The molecule has 1 aliphatic heterocycles. The van der Waals surface area contributed by atoms with Gasteiger partial charge in [0.25, 0.3) is 0 Å². The molecule has 0 aromatic carbocycles. The van der Waals surface area contributed by atoms with E-state index >= 15 is 0 Å². The van der Waals surface area contributed by atoms with Crippen LogP contribution in [0.2, 0.25) is 0 Å². The van der Waals surface area contributed by atoms with Crippen molar-refractivity contribution in [2.24, 2.45) is 0 Å². The number of ether oxygens (including phenoxy) is 1. The number of carbonyl (C=O) groups excluding carboxylic acids is 1. The summed E-state index contributed by atoms with van der Waals surface area (Å²) in [5, 5.41) is 18.2. The number of likely N-dealkylation sites (tertiary alicyclic amines) is 1. The molecule has 70 valence electrons. The summed E-state index contributed by atoms with van der Waals surface area (Å²) in [6.07, 6.45) is -1.63. The first kappa shape index (κ1) is 9.44. The second-order valence-corrected chi connectivity index (χ2v) is 2.87. The van der Waals surface area contributed by atoms with Crippen molar-refractivity contribution in [3.05, 3.63) is 0 Å². The van der Waals surface area contributed by atoms with Gasteiger partial charge in [-0.3, -0.25) is 4.79 Å². The van der Waals surface area contributed by atoms with E-state index < -0.39 is 12.2 Å². The second kappa shape index (κ2) is 3.84. The van der Waals surface area contributed by atoms with Crippen molar-refractivity contribution in [2.75, 3.05) is 26.8 Å². The minimum absolute atomic E-state index is 0.000556. The van der Waals surface area contributed by atoms with Crippen LogP contribution in [0.1, 0.15) is 0 Å². The molecular formula is C7H13NO4. The molecule has 2 unspecified atom stereocenters. The molecule has 0 spiro atoms. The maximum atomic E-state index is 11.1. The van der Waals surface area contributed by atoms with Gasteiger partial charge in [-0.15, -0.1) is 0 Å².